The van der Waals surface area contributed by atoms with E-state index in [-0.39, 0.29) is 11.3 Å². The molecule has 0 bridgehead atoms. The van der Waals surface area contributed by atoms with Gasteiger partial charge >= 0.3 is 5.97 Å². The van der Waals surface area contributed by atoms with Gasteiger partial charge in [-0.2, -0.15) is 5.10 Å². The molecule has 2 rings (SSSR count). The van der Waals surface area contributed by atoms with E-state index in [2.05, 4.69) is 18.9 Å². The Hall–Kier alpha value is -2.43. The first-order valence-electron chi connectivity index (χ1n) is 5.91. The maximum Gasteiger partial charge on any atom is 0.357 e. The van der Waals surface area contributed by atoms with Gasteiger partial charge in [-0.25, -0.2) is 9.48 Å². The van der Waals surface area contributed by atoms with Gasteiger partial charge < -0.3 is 5.11 Å². The summed E-state index contributed by atoms with van der Waals surface area (Å²) in [5.41, 5.74) is 1.74. The lowest BCUT2D eigenvalue weighted by atomic mass is 10.0. The van der Waals surface area contributed by atoms with Crippen LogP contribution in [0.3, 0.4) is 0 Å². The van der Waals surface area contributed by atoms with E-state index in [0.717, 1.165) is 5.69 Å². The average Bonchev–Trinajstić information content (AvgIpc) is 2.83. The predicted molar refractivity (Wildman–Crippen MR) is 70.0 cm³/mol. The van der Waals surface area contributed by atoms with Crippen LogP contribution in [0.5, 0.6) is 0 Å². The third-order valence-corrected chi connectivity index (χ3v) is 2.90. The number of rotatable bonds is 4. The number of carbonyl (C=O) groups excluding carboxylic acids is 1. The first-order chi connectivity index (χ1) is 9.02. The molecule has 98 valence electrons. The van der Waals surface area contributed by atoms with Gasteiger partial charge in [0.05, 0.1) is 11.3 Å². The molecule has 0 fully saturated rings. The first kappa shape index (κ1) is 13.0. The van der Waals surface area contributed by atoms with Gasteiger partial charge in [0.15, 0.2) is 12.0 Å². The molecule has 0 aliphatic rings. The number of hydrogen-bond donors (Lipinski definition) is 1. The van der Waals surface area contributed by atoms with Crippen LogP contribution < -0.4 is 0 Å². The number of carboxylic acid groups (broad SMARTS) is 1. The Morgan fingerprint density at radius 1 is 1.32 bits per heavy atom. The zero-order chi connectivity index (χ0) is 14.0. The quantitative estimate of drug-likeness (QED) is 0.855. The van der Waals surface area contributed by atoms with E-state index in [4.69, 9.17) is 5.11 Å². The summed E-state index contributed by atoms with van der Waals surface area (Å²) < 4.78 is 1.40. The van der Waals surface area contributed by atoms with Crippen LogP contribution in [-0.2, 0) is 0 Å². The summed E-state index contributed by atoms with van der Waals surface area (Å²) in [6, 6.07) is 7.62. The molecule has 1 heterocycles. The number of hydrogen-bond acceptors (Lipinski definition) is 3. The number of benzene rings is 1. The monoisotopic (exact) mass is 258 g/mol. The molecular formula is C14H14N2O3. The Kier molecular flexibility index (Phi) is 3.46. The minimum absolute atomic E-state index is 0.0698. The van der Waals surface area contributed by atoms with Gasteiger partial charge in [0.1, 0.15) is 0 Å². The Balaban J connectivity index is 2.41. The summed E-state index contributed by atoms with van der Waals surface area (Å²) >= 11 is 0. The van der Waals surface area contributed by atoms with Crippen molar-refractivity contribution in [2.24, 2.45) is 0 Å². The zero-order valence-corrected chi connectivity index (χ0v) is 10.7. The van der Waals surface area contributed by atoms with Crippen molar-refractivity contribution in [3.8, 4) is 5.69 Å². The van der Waals surface area contributed by atoms with E-state index in [9.17, 15) is 9.59 Å². The average molecular weight is 258 g/mol. The van der Waals surface area contributed by atoms with Crippen LogP contribution in [0.25, 0.3) is 5.69 Å². The molecule has 0 unspecified atom stereocenters. The van der Waals surface area contributed by atoms with Gasteiger partial charge in [0.2, 0.25) is 0 Å². The van der Waals surface area contributed by atoms with Gasteiger partial charge in [0, 0.05) is 6.20 Å². The number of carboxylic acids is 1. The van der Waals surface area contributed by atoms with Gasteiger partial charge in [-0.15, -0.1) is 0 Å². The minimum Gasteiger partial charge on any atom is -0.476 e. The smallest absolute Gasteiger partial charge is 0.357 e. The highest BCUT2D eigenvalue weighted by atomic mass is 16.4. The Bertz CT molecular complexity index is 612. The van der Waals surface area contributed by atoms with Gasteiger partial charge in [-0.3, -0.25) is 4.79 Å². The lowest BCUT2D eigenvalue weighted by Gasteiger charge is -2.06. The molecule has 2 aromatic rings. The lowest BCUT2D eigenvalue weighted by molar-refractivity contribution is 0.0687. The van der Waals surface area contributed by atoms with Crippen LogP contribution in [0, 0.1) is 0 Å². The summed E-state index contributed by atoms with van der Waals surface area (Å²) in [6.07, 6.45) is 1.91. The maximum atomic E-state index is 10.9. The summed E-state index contributed by atoms with van der Waals surface area (Å²) in [5.74, 6) is -0.786. The molecule has 1 aromatic heterocycles. The molecule has 0 aliphatic heterocycles. The van der Waals surface area contributed by atoms with Crippen molar-refractivity contribution < 1.29 is 14.7 Å². The molecular weight excluding hydrogens is 244 g/mol. The van der Waals surface area contributed by atoms with E-state index in [0.29, 0.717) is 12.2 Å². The Morgan fingerprint density at radius 3 is 2.37 bits per heavy atom. The van der Waals surface area contributed by atoms with Gasteiger partial charge in [-0.1, -0.05) is 26.0 Å². The van der Waals surface area contributed by atoms with Crippen LogP contribution in [0.1, 0.15) is 46.2 Å². The van der Waals surface area contributed by atoms with Crippen LogP contribution >= 0.6 is 0 Å². The van der Waals surface area contributed by atoms with Crippen molar-refractivity contribution in [1.82, 2.24) is 9.78 Å². The number of aldehydes is 1. The van der Waals surface area contributed by atoms with Crippen LogP contribution in [0.2, 0.25) is 0 Å². The molecule has 0 radical (unpaired) electrons. The third-order valence-electron chi connectivity index (χ3n) is 2.90. The zero-order valence-electron chi connectivity index (χ0n) is 10.7. The van der Waals surface area contributed by atoms with Crippen LogP contribution in [0.4, 0.5) is 0 Å². The predicted octanol–water partition coefficient (Wildman–Crippen LogP) is 2.51. The minimum atomic E-state index is -1.21. The highest BCUT2D eigenvalue weighted by molar-refractivity contribution is 5.95. The normalized spacial score (nSPS) is 10.7. The van der Waals surface area contributed by atoms with E-state index < -0.39 is 5.97 Å². The van der Waals surface area contributed by atoms with Crippen LogP contribution in [-0.4, -0.2) is 27.1 Å². The van der Waals surface area contributed by atoms with Crippen molar-refractivity contribution in [3.05, 3.63) is 47.3 Å². The number of nitrogens with zero attached hydrogens (tertiary/aromatic N) is 2. The highest BCUT2D eigenvalue weighted by Crippen LogP contribution is 2.17. The fourth-order valence-electron chi connectivity index (χ4n) is 1.78. The molecule has 1 aromatic carbocycles. The second-order valence-corrected chi connectivity index (χ2v) is 4.55. The summed E-state index contributed by atoms with van der Waals surface area (Å²) in [4.78, 5) is 21.7. The molecule has 5 heteroatoms. The largest absolute Gasteiger partial charge is 0.476 e. The summed E-state index contributed by atoms with van der Waals surface area (Å²) in [7, 11) is 0. The van der Waals surface area contributed by atoms with Crippen molar-refractivity contribution in [1.29, 1.82) is 0 Å². The summed E-state index contributed by atoms with van der Waals surface area (Å²) in [5, 5.41) is 12.9. The van der Waals surface area contributed by atoms with Crippen molar-refractivity contribution in [2.75, 3.05) is 0 Å². The third kappa shape index (κ3) is 2.54. The topological polar surface area (TPSA) is 72.2 Å². The van der Waals surface area contributed by atoms with Crippen LogP contribution in [0.15, 0.2) is 30.5 Å². The molecule has 19 heavy (non-hydrogen) atoms. The summed E-state index contributed by atoms with van der Waals surface area (Å²) in [6.45, 7) is 4.19. The molecule has 0 atom stereocenters. The highest BCUT2D eigenvalue weighted by Gasteiger charge is 2.15. The van der Waals surface area contributed by atoms with E-state index in [1.54, 1.807) is 0 Å². The van der Waals surface area contributed by atoms with Gasteiger partial charge in [-0.05, 0) is 23.6 Å². The van der Waals surface area contributed by atoms with Crippen molar-refractivity contribution >= 4 is 12.3 Å². The van der Waals surface area contributed by atoms with E-state index >= 15 is 0 Å². The molecule has 0 saturated carbocycles. The van der Waals surface area contributed by atoms with Crippen molar-refractivity contribution in [3.63, 3.8) is 0 Å². The molecule has 0 saturated heterocycles. The molecule has 0 aliphatic carbocycles. The fourth-order valence-corrected chi connectivity index (χ4v) is 1.78. The second kappa shape index (κ2) is 5.06. The standard InChI is InChI=1S/C14H14N2O3/c1-9(2)10-3-5-12(6-4-10)16-7-11(8-17)13(15-16)14(18)19/h3-9H,1-2H3,(H,18,19). The van der Waals surface area contributed by atoms with Crippen molar-refractivity contribution in [2.45, 2.75) is 19.8 Å². The molecule has 0 spiro atoms. The molecule has 1 N–H and O–H groups in total. The molecule has 0 amide bonds. The first-order valence-corrected chi connectivity index (χ1v) is 5.91. The fraction of sp³-hybridized carbons (Fsp3) is 0.214. The molecule has 5 nitrogen and oxygen atoms in total. The van der Waals surface area contributed by atoms with E-state index in [1.165, 1.54) is 16.4 Å². The number of aromatic nitrogens is 2. The number of carbonyl (C=O) groups is 2. The van der Waals surface area contributed by atoms with E-state index in [1.807, 2.05) is 24.3 Å². The Labute approximate surface area is 110 Å². The maximum absolute atomic E-state index is 10.9. The second-order valence-electron chi connectivity index (χ2n) is 4.55. The van der Waals surface area contributed by atoms with Gasteiger partial charge in [0.25, 0.3) is 0 Å². The number of aromatic carboxylic acids is 1. The SMILES string of the molecule is CC(C)c1ccc(-n2cc(C=O)c(C(=O)O)n2)cc1. The Morgan fingerprint density at radius 2 is 1.95 bits per heavy atom. The lowest BCUT2D eigenvalue weighted by Crippen LogP contribution is -2.02.